The molecule has 0 amide bonds. The lowest BCUT2D eigenvalue weighted by atomic mass is 10.1. The Hall–Kier alpha value is -1.56. The highest BCUT2D eigenvalue weighted by Gasteiger charge is 2.08. The molecule has 0 spiro atoms. The second-order valence-electron chi connectivity index (χ2n) is 2.82. The van der Waals surface area contributed by atoms with Crippen LogP contribution in [-0.2, 0) is 11.2 Å². The number of aromatic nitrogens is 1. The van der Waals surface area contributed by atoms with E-state index in [-0.39, 0.29) is 5.78 Å². The predicted octanol–water partition coefficient (Wildman–Crippen LogP) is 1.33. The molecule has 3 heteroatoms. The SMILES string of the molecule is CC(=O)Cc1c(C)c[nH]c1C#N. The van der Waals surface area contributed by atoms with E-state index in [4.69, 9.17) is 5.26 Å². The summed E-state index contributed by atoms with van der Waals surface area (Å²) in [5.41, 5.74) is 2.30. The Balaban J connectivity index is 3.04. The summed E-state index contributed by atoms with van der Waals surface area (Å²) in [5, 5.41) is 8.65. The number of aryl methyl sites for hydroxylation is 1. The van der Waals surface area contributed by atoms with Gasteiger partial charge in [0.25, 0.3) is 0 Å². The molecule has 0 fully saturated rings. The summed E-state index contributed by atoms with van der Waals surface area (Å²) >= 11 is 0. The summed E-state index contributed by atoms with van der Waals surface area (Å²) in [7, 11) is 0. The van der Waals surface area contributed by atoms with Crippen molar-refractivity contribution in [2.45, 2.75) is 20.3 Å². The molecular formula is C9H10N2O. The zero-order valence-corrected chi connectivity index (χ0v) is 7.14. The molecule has 1 rings (SSSR count). The van der Waals surface area contributed by atoms with Crippen molar-refractivity contribution in [3.05, 3.63) is 23.0 Å². The van der Waals surface area contributed by atoms with Crippen molar-refractivity contribution in [3.8, 4) is 6.07 Å². The number of aromatic amines is 1. The number of nitrogens with zero attached hydrogens (tertiary/aromatic N) is 1. The van der Waals surface area contributed by atoms with Gasteiger partial charge in [0.2, 0.25) is 0 Å². The van der Waals surface area contributed by atoms with Crippen LogP contribution in [0.25, 0.3) is 0 Å². The number of carbonyl (C=O) groups is 1. The number of hydrogen-bond donors (Lipinski definition) is 1. The third-order valence-corrected chi connectivity index (χ3v) is 1.75. The second kappa shape index (κ2) is 3.22. The van der Waals surface area contributed by atoms with Gasteiger partial charge in [-0.25, -0.2) is 0 Å². The smallest absolute Gasteiger partial charge is 0.134 e. The Kier molecular flexibility index (Phi) is 2.29. The topological polar surface area (TPSA) is 56.6 Å². The fourth-order valence-electron chi connectivity index (χ4n) is 1.13. The minimum Gasteiger partial charge on any atom is -0.353 e. The molecule has 0 bridgehead atoms. The van der Waals surface area contributed by atoms with Gasteiger partial charge in [-0.3, -0.25) is 4.79 Å². The van der Waals surface area contributed by atoms with E-state index in [2.05, 4.69) is 4.98 Å². The molecule has 1 N–H and O–H groups in total. The quantitative estimate of drug-likeness (QED) is 0.713. The van der Waals surface area contributed by atoms with Crippen molar-refractivity contribution in [2.24, 2.45) is 0 Å². The van der Waals surface area contributed by atoms with Crippen molar-refractivity contribution in [1.82, 2.24) is 4.98 Å². The largest absolute Gasteiger partial charge is 0.353 e. The minimum absolute atomic E-state index is 0.0780. The fraction of sp³-hybridized carbons (Fsp3) is 0.333. The third-order valence-electron chi connectivity index (χ3n) is 1.75. The maximum absolute atomic E-state index is 10.8. The number of H-pyrrole nitrogens is 1. The molecule has 3 nitrogen and oxygen atoms in total. The average molecular weight is 162 g/mol. The summed E-state index contributed by atoms with van der Waals surface area (Å²) < 4.78 is 0. The Morgan fingerprint density at radius 3 is 2.92 bits per heavy atom. The molecule has 0 radical (unpaired) electrons. The van der Waals surface area contributed by atoms with Gasteiger partial charge in [0.15, 0.2) is 0 Å². The van der Waals surface area contributed by atoms with Crippen molar-refractivity contribution >= 4 is 5.78 Å². The molecule has 0 aromatic carbocycles. The summed E-state index contributed by atoms with van der Waals surface area (Å²) in [4.78, 5) is 13.6. The first-order valence-electron chi connectivity index (χ1n) is 3.71. The first-order valence-corrected chi connectivity index (χ1v) is 3.71. The molecule has 0 unspecified atom stereocenters. The molecule has 0 atom stereocenters. The lowest BCUT2D eigenvalue weighted by Crippen LogP contribution is -1.98. The van der Waals surface area contributed by atoms with Crippen molar-refractivity contribution in [1.29, 1.82) is 5.26 Å². The van der Waals surface area contributed by atoms with Crippen LogP contribution in [0.5, 0.6) is 0 Å². The Morgan fingerprint density at radius 2 is 2.42 bits per heavy atom. The van der Waals surface area contributed by atoms with Crippen LogP contribution < -0.4 is 0 Å². The number of hydrogen-bond acceptors (Lipinski definition) is 2. The maximum atomic E-state index is 10.8. The van der Waals surface area contributed by atoms with Crippen molar-refractivity contribution < 1.29 is 4.79 Å². The number of rotatable bonds is 2. The summed E-state index contributed by atoms with van der Waals surface area (Å²) in [6.45, 7) is 3.41. The molecule has 0 aliphatic carbocycles. The molecule has 62 valence electrons. The lowest BCUT2D eigenvalue weighted by Gasteiger charge is -1.95. The molecule has 0 aliphatic rings. The van der Waals surface area contributed by atoms with Crippen molar-refractivity contribution in [2.75, 3.05) is 0 Å². The normalized spacial score (nSPS) is 9.42. The predicted molar refractivity (Wildman–Crippen MR) is 44.6 cm³/mol. The van der Waals surface area contributed by atoms with Gasteiger partial charge >= 0.3 is 0 Å². The first kappa shape index (κ1) is 8.54. The molecule has 0 saturated carbocycles. The van der Waals surface area contributed by atoms with E-state index in [0.29, 0.717) is 12.1 Å². The second-order valence-corrected chi connectivity index (χ2v) is 2.82. The van der Waals surface area contributed by atoms with E-state index in [0.717, 1.165) is 11.1 Å². The average Bonchev–Trinajstić information content (AvgIpc) is 2.32. The highest BCUT2D eigenvalue weighted by molar-refractivity contribution is 5.79. The van der Waals surface area contributed by atoms with Crippen LogP contribution >= 0.6 is 0 Å². The van der Waals surface area contributed by atoms with E-state index in [1.165, 1.54) is 6.92 Å². The number of nitrogens with one attached hydrogen (secondary N) is 1. The molecule has 1 heterocycles. The monoisotopic (exact) mass is 162 g/mol. The van der Waals surface area contributed by atoms with Gasteiger partial charge in [-0.05, 0) is 25.0 Å². The van der Waals surface area contributed by atoms with E-state index in [1.807, 2.05) is 13.0 Å². The molecule has 0 aliphatic heterocycles. The standard InChI is InChI=1S/C9H10N2O/c1-6-5-11-9(4-10)8(6)3-7(2)12/h5,11H,3H2,1-2H3. The van der Waals surface area contributed by atoms with Gasteiger partial charge in [-0.1, -0.05) is 0 Å². The van der Waals surface area contributed by atoms with Crippen LogP contribution in [0.3, 0.4) is 0 Å². The lowest BCUT2D eigenvalue weighted by molar-refractivity contribution is -0.116. The van der Waals surface area contributed by atoms with Crippen molar-refractivity contribution in [3.63, 3.8) is 0 Å². The highest BCUT2D eigenvalue weighted by Crippen LogP contribution is 2.12. The van der Waals surface area contributed by atoms with Gasteiger partial charge in [0.1, 0.15) is 17.5 Å². The Labute approximate surface area is 71.0 Å². The Morgan fingerprint density at radius 1 is 1.75 bits per heavy atom. The van der Waals surface area contributed by atoms with Gasteiger partial charge in [-0.2, -0.15) is 5.26 Å². The molecule has 12 heavy (non-hydrogen) atoms. The zero-order valence-electron chi connectivity index (χ0n) is 7.14. The number of ketones is 1. The fourth-order valence-corrected chi connectivity index (χ4v) is 1.13. The van der Waals surface area contributed by atoms with Crippen LogP contribution in [0.1, 0.15) is 23.7 Å². The van der Waals surface area contributed by atoms with Crippen LogP contribution in [0.15, 0.2) is 6.20 Å². The van der Waals surface area contributed by atoms with E-state index in [1.54, 1.807) is 6.20 Å². The molecular weight excluding hydrogens is 152 g/mol. The number of carbonyl (C=O) groups excluding carboxylic acids is 1. The van der Waals surface area contributed by atoms with Crippen LogP contribution in [0.2, 0.25) is 0 Å². The van der Waals surface area contributed by atoms with E-state index < -0.39 is 0 Å². The van der Waals surface area contributed by atoms with Gasteiger partial charge < -0.3 is 4.98 Å². The van der Waals surface area contributed by atoms with Crippen LogP contribution in [-0.4, -0.2) is 10.8 Å². The van der Waals surface area contributed by atoms with Gasteiger partial charge in [-0.15, -0.1) is 0 Å². The maximum Gasteiger partial charge on any atom is 0.134 e. The first-order chi connectivity index (χ1) is 5.65. The van der Waals surface area contributed by atoms with E-state index in [9.17, 15) is 4.79 Å². The third kappa shape index (κ3) is 1.54. The van der Waals surface area contributed by atoms with Gasteiger partial charge in [0.05, 0.1) is 0 Å². The number of nitriles is 1. The Bertz CT molecular complexity index is 344. The summed E-state index contributed by atoms with van der Waals surface area (Å²) in [6, 6.07) is 2.01. The summed E-state index contributed by atoms with van der Waals surface area (Å²) in [5.74, 6) is 0.0780. The minimum atomic E-state index is 0.0780. The zero-order chi connectivity index (χ0) is 9.14. The van der Waals surface area contributed by atoms with Crippen LogP contribution in [0.4, 0.5) is 0 Å². The highest BCUT2D eigenvalue weighted by atomic mass is 16.1. The van der Waals surface area contributed by atoms with E-state index >= 15 is 0 Å². The summed E-state index contributed by atoms with van der Waals surface area (Å²) in [6.07, 6.45) is 2.09. The molecule has 1 aromatic rings. The van der Waals surface area contributed by atoms with Gasteiger partial charge in [0, 0.05) is 12.6 Å². The molecule has 1 aromatic heterocycles. The van der Waals surface area contributed by atoms with Crippen LogP contribution in [0, 0.1) is 18.3 Å². The molecule has 0 saturated heterocycles. The number of Topliss-reactive ketones (excluding diaryl/α,β-unsaturated/α-hetero) is 1.